The molecule has 3 rings (SSSR count). The minimum atomic E-state index is -0.458. The first-order valence-electron chi connectivity index (χ1n) is 10.1. The molecule has 0 spiro atoms. The maximum Gasteiger partial charge on any atom is 0.243 e. The monoisotopic (exact) mass is 386 g/mol. The summed E-state index contributed by atoms with van der Waals surface area (Å²) in [5.74, 6) is -0.532. The fourth-order valence-electron chi connectivity index (χ4n) is 4.06. The summed E-state index contributed by atoms with van der Waals surface area (Å²) in [6.07, 6.45) is 4.46. The molecular weight excluding hydrogens is 356 g/mol. The van der Waals surface area contributed by atoms with Crippen LogP contribution >= 0.6 is 0 Å². The van der Waals surface area contributed by atoms with Gasteiger partial charge >= 0.3 is 0 Å². The predicted octanol–water partition coefficient (Wildman–Crippen LogP) is 0.895. The van der Waals surface area contributed by atoms with Crippen molar-refractivity contribution in [1.29, 1.82) is 0 Å². The van der Waals surface area contributed by atoms with E-state index in [1.807, 2.05) is 12.1 Å². The molecule has 0 radical (unpaired) electrons. The number of nitrogens with zero attached hydrogens (tertiary/aromatic N) is 1. The molecule has 28 heavy (non-hydrogen) atoms. The van der Waals surface area contributed by atoms with Gasteiger partial charge in [0.1, 0.15) is 6.04 Å². The van der Waals surface area contributed by atoms with Gasteiger partial charge in [0, 0.05) is 6.54 Å². The summed E-state index contributed by atoms with van der Waals surface area (Å²) in [5, 5.41) is 8.64. The zero-order valence-electron chi connectivity index (χ0n) is 16.7. The molecule has 1 heterocycles. The second-order valence-corrected chi connectivity index (χ2v) is 7.63. The lowest BCUT2D eigenvalue weighted by molar-refractivity contribution is -0.139. The van der Waals surface area contributed by atoms with Crippen LogP contribution < -0.4 is 16.0 Å². The minimum Gasteiger partial charge on any atom is -0.347 e. The van der Waals surface area contributed by atoms with Gasteiger partial charge in [-0.15, -0.1) is 0 Å². The Balaban J connectivity index is 1.59. The van der Waals surface area contributed by atoms with Gasteiger partial charge in [-0.2, -0.15) is 0 Å². The fraction of sp³-hybridized carbons (Fsp3) is 0.571. The number of hydrogen-bond acceptors (Lipinski definition) is 4. The molecule has 7 nitrogen and oxygen atoms in total. The van der Waals surface area contributed by atoms with E-state index in [1.54, 1.807) is 18.9 Å². The van der Waals surface area contributed by atoms with E-state index < -0.39 is 6.04 Å². The number of carbonyl (C=O) groups is 3. The van der Waals surface area contributed by atoms with E-state index in [1.165, 1.54) is 11.1 Å². The van der Waals surface area contributed by atoms with Crippen LogP contribution in [0.15, 0.2) is 24.3 Å². The quantitative estimate of drug-likeness (QED) is 0.677. The van der Waals surface area contributed by atoms with E-state index in [4.69, 9.17) is 0 Å². The minimum absolute atomic E-state index is 0.00572. The number of nitrogens with one attached hydrogen (secondary N) is 3. The Labute approximate surface area is 166 Å². The summed E-state index contributed by atoms with van der Waals surface area (Å²) < 4.78 is 0. The third-order valence-electron chi connectivity index (χ3n) is 5.80. The molecule has 0 aromatic heterocycles. The Morgan fingerprint density at radius 1 is 1.18 bits per heavy atom. The Morgan fingerprint density at radius 2 is 1.96 bits per heavy atom. The van der Waals surface area contributed by atoms with Crippen LogP contribution in [0.4, 0.5) is 0 Å². The molecule has 3 atom stereocenters. The van der Waals surface area contributed by atoms with Crippen molar-refractivity contribution in [3.05, 3.63) is 35.4 Å². The van der Waals surface area contributed by atoms with Gasteiger partial charge in [-0.25, -0.2) is 0 Å². The van der Waals surface area contributed by atoms with E-state index in [-0.39, 0.29) is 36.3 Å². The van der Waals surface area contributed by atoms with Gasteiger partial charge in [0.2, 0.25) is 17.7 Å². The number of benzene rings is 1. The highest BCUT2D eigenvalue weighted by atomic mass is 16.2. The summed E-state index contributed by atoms with van der Waals surface area (Å²) in [6.45, 7) is 2.20. The molecule has 1 saturated heterocycles. The number of likely N-dealkylation sites (tertiary alicyclic amines) is 1. The molecule has 1 aliphatic heterocycles. The average molecular weight is 386 g/mol. The van der Waals surface area contributed by atoms with Gasteiger partial charge < -0.3 is 20.9 Å². The van der Waals surface area contributed by atoms with E-state index in [0.29, 0.717) is 13.0 Å². The average Bonchev–Trinajstić information content (AvgIpc) is 3.21. The Kier molecular flexibility index (Phi) is 6.67. The smallest absolute Gasteiger partial charge is 0.243 e. The van der Waals surface area contributed by atoms with Gasteiger partial charge in [-0.05, 0) is 57.2 Å². The number of hydrogen-bond donors (Lipinski definition) is 3. The second kappa shape index (κ2) is 9.19. The summed E-state index contributed by atoms with van der Waals surface area (Å²) in [7, 11) is 1.69. The third kappa shape index (κ3) is 4.52. The van der Waals surface area contributed by atoms with Crippen molar-refractivity contribution in [1.82, 2.24) is 20.9 Å². The number of rotatable bonds is 6. The molecular formula is C21H30N4O3. The molecule has 3 amide bonds. The summed E-state index contributed by atoms with van der Waals surface area (Å²) >= 11 is 0. The highest BCUT2D eigenvalue weighted by Gasteiger charge is 2.35. The number of carbonyl (C=O) groups excluding carboxylic acids is 3. The second-order valence-electron chi connectivity index (χ2n) is 7.63. The normalized spacial score (nSPS) is 22.3. The molecule has 3 N–H and O–H groups in total. The number of amides is 3. The predicted molar refractivity (Wildman–Crippen MR) is 107 cm³/mol. The fourth-order valence-corrected chi connectivity index (χ4v) is 4.06. The lowest BCUT2D eigenvalue weighted by atomic mass is 9.87. The number of likely N-dealkylation sites (N-methyl/N-ethyl adjacent to an activating group) is 1. The molecule has 7 heteroatoms. The Bertz CT molecular complexity index is 736. The van der Waals surface area contributed by atoms with Crippen LogP contribution in [-0.4, -0.2) is 54.8 Å². The number of fused-ring (bicyclic) bond motifs is 1. The van der Waals surface area contributed by atoms with Crippen molar-refractivity contribution in [2.24, 2.45) is 0 Å². The van der Waals surface area contributed by atoms with Crippen molar-refractivity contribution in [3.63, 3.8) is 0 Å². The van der Waals surface area contributed by atoms with Crippen molar-refractivity contribution in [3.8, 4) is 0 Å². The largest absolute Gasteiger partial charge is 0.347 e. The zero-order chi connectivity index (χ0) is 20.1. The van der Waals surface area contributed by atoms with E-state index in [9.17, 15) is 14.4 Å². The summed E-state index contributed by atoms with van der Waals surface area (Å²) in [6, 6.07) is 7.42. The number of aryl methyl sites for hydroxylation is 1. The molecule has 1 aliphatic carbocycles. The Hall–Kier alpha value is -2.41. The molecule has 0 saturated carbocycles. The van der Waals surface area contributed by atoms with Crippen LogP contribution in [0.1, 0.15) is 49.8 Å². The maximum absolute atomic E-state index is 12.9. The van der Waals surface area contributed by atoms with Crippen LogP contribution in [0.25, 0.3) is 0 Å². The first-order valence-corrected chi connectivity index (χ1v) is 10.1. The molecule has 1 fully saturated rings. The first kappa shape index (κ1) is 20.3. The maximum atomic E-state index is 12.9. The SMILES string of the molecule is CNC(C)C(=O)NCC(=O)N1CCCC1C(=O)NC1CCCc2ccccc21. The van der Waals surface area contributed by atoms with Crippen molar-refractivity contribution in [2.75, 3.05) is 20.1 Å². The molecule has 3 unspecified atom stereocenters. The lowest BCUT2D eigenvalue weighted by Crippen LogP contribution is -2.51. The van der Waals surface area contributed by atoms with Crippen LogP contribution in [-0.2, 0) is 20.8 Å². The van der Waals surface area contributed by atoms with Gasteiger partial charge in [0.05, 0.1) is 18.6 Å². The van der Waals surface area contributed by atoms with Crippen molar-refractivity contribution >= 4 is 17.7 Å². The summed E-state index contributed by atoms with van der Waals surface area (Å²) in [5.41, 5.74) is 2.48. The topological polar surface area (TPSA) is 90.5 Å². The highest BCUT2D eigenvalue weighted by molar-refractivity contribution is 5.91. The van der Waals surface area contributed by atoms with E-state index in [2.05, 4.69) is 28.1 Å². The van der Waals surface area contributed by atoms with Gasteiger partial charge in [0.25, 0.3) is 0 Å². The van der Waals surface area contributed by atoms with E-state index in [0.717, 1.165) is 25.7 Å². The van der Waals surface area contributed by atoms with Crippen LogP contribution in [0.3, 0.4) is 0 Å². The molecule has 152 valence electrons. The molecule has 1 aromatic carbocycles. The first-order chi connectivity index (χ1) is 13.5. The zero-order valence-corrected chi connectivity index (χ0v) is 16.7. The molecule has 2 aliphatic rings. The van der Waals surface area contributed by atoms with Gasteiger partial charge in [-0.1, -0.05) is 24.3 Å². The lowest BCUT2D eigenvalue weighted by Gasteiger charge is -2.30. The standard InChI is InChI=1S/C21H30N4O3/c1-14(22-2)20(27)23-13-19(26)25-12-6-11-18(25)21(28)24-17-10-5-8-15-7-3-4-9-16(15)17/h3-4,7,9,14,17-18,22H,5-6,8,10-13H2,1-2H3,(H,23,27)(H,24,28). The van der Waals surface area contributed by atoms with Crippen LogP contribution in [0.2, 0.25) is 0 Å². The third-order valence-corrected chi connectivity index (χ3v) is 5.80. The Morgan fingerprint density at radius 3 is 2.75 bits per heavy atom. The van der Waals surface area contributed by atoms with Gasteiger partial charge in [-0.3, -0.25) is 14.4 Å². The highest BCUT2D eigenvalue weighted by Crippen LogP contribution is 2.30. The van der Waals surface area contributed by atoms with Crippen LogP contribution in [0, 0.1) is 0 Å². The molecule has 1 aromatic rings. The summed E-state index contributed by atoms with van der Waals surface area (Å²) in [4.78, 5) is 39.0. The van der Waals surface area contributed by atoms with Crippen LogP contribution in [0.5, 0.6) is 0 Å². The van der Waals surface area contributed by atoms with E-state index >= 15 is 0 Å². The van der Waals surface area contributed by atoms with Crippen molar-refractivity contribution in [2.45, 2.75) is 57.2 Å². The van der Waals surface area contributed by atoms with Crippen molar-refractivity contribution < 1.29 is 14.4 Å². The van der Waals surface area contributed by atoms with Gasteiger partial charge in [0.15, 0.2) is 0 Å². The molecule has 0 bridgehead atoms.